The Morgan fingerprint density at radius 2 is 1.65 bits per heavy atom. The van der Waals surface area contributed by atoms with Gasteiger partial charge in [-0.05, 0) is 62.4 Å². The van der Waals surface area contributed by atoms with Crippen molar-refractivity contribution in [3.63, 3.8) is 0 Å². The minimum atomic E-state index is -3.75. The molecule has 0 spiro atoms. The first-order valence-electron chi connectivity index (χ1n) is 11.6. The molecule has 2 rings (SSSR count). The van der Waals surface area contributed by atoms with Crippen LogP contribution in [0.2, 0.25) is 0 Å². The van der Waals surface area contributed by atoms with Crippen molar-refractivity contribution in [3.05, 3.63) is 64.7 Å². The van der Waals surface area contributed by atoms with Crippen LogP contribution in [0.15, 0.2) is 42.5 Å². The lowest BCUT2D eigenvalue weighted by molar-refractivity contribution is -0.139. The van der Waals surface area contributed by atoms with Crippen LogP contribution in [-0.2, 0) is 26.2 Å². The molecular weight excluding hydrogens is 450 g/mol. The van der Waals surface area contributed by atoms with E-state index >= 15 is 0 Å². The molecule has 2 aromatic carbocycles. The van der Waals surface area contributed by atoms with Crippen LogP contribution in [0, 0.1) is 20.8 Å². The van der Waals surface area contributed by atoms with Crippen LogP contribution in [0.4, 0.5) is 5.69 Å². The maximum atomic E-state index is 13.6. The van der Waals surface area contributed by atoms with E-state index in [1.165, 1.54) is 4.90 Å². The zero-order valence-corrected chi connectivity index (χ0v) is 21.9. The van der Waals surface area contributed by atoms with Gasteiger partial charge in [0.25, 0.3) is 0 Å². The standard InChI is InChI=1S/C26H37N3O4S/c1-7-8-16-27-26(31)22(5)28(17-23-14-10-9-12-20(23)3)25(30)18-29(34(6,32)33)24-15-11-13-19(2)21(24)4/h9-15,22H,7-8,16-18H2,1-6H3,(H,27,31)/t22-/m0/s1. The van der Waals surface area contributed by atoms with E-state index in [0.717, 1.165) is 45.7 Å². The van der Waals surface area contributed by atoms with Crippen LogP contribution < -0.4 is 9.62 Å². The Labute approximate surface area is 204 Å². The van der Waals surface area contributed by atoms with Gasteiger partial charge in [0.2, 0.25) is 21.8 Å². The van der Waals surface area contributed by atoms with Gasteiger partial charge in [-0.2, -0.15) is 0 Å². The topological polar surface area (TPSA) is 86.8 Å². The molecule has 1 atom stereocenters. The molecule has 0 fully saturated rings. The van der Waals surface area contributed by atoms with Gasteiger partial charge in [0.05, 0.1) is 11.9 Å². The minimum absolute atomic E-state index is 0.207. The second-order valence-electron chi connectivity index (χ2n) is 8.76. The molecule has 1 N–H and O–H groups in total. The van der Waals surface area contributed by atoms with E-state index in [1.54, 1.807) is 19.1 Å². The van der Waals surface area contributed by atoms with Crippen molar-refractivity contribution >= 4 is 27.5 Å². The predicted molar refractivity (Wildman–Crippen MR) is 137 cm³/mol. The molecule has 0 aliphatic carbocycles. The molecule has 0 radical (unpaired) electrons. The molecule has 0 heterocycles. The lowest BCUT2D eigenvalue weighted by atomic mass is 10.1. The van der Waals surface area contributed by atoms with Gasteiger partial charge >= 0.3 is 0 Å². The number of carbonyl (C=O) groups excluding carboxylic acids is 2. The number of carbonyl (C=O) groups is 2. The number of unbranched alkanes of at least 4 members (excludes halogenated alkanes) is 1. The summed E-state index contributed by atoms with van der Waals surface area (Å²) >= 11 is 0. The van der Waals surface area contributed by atoms with Crippen molar-refractivity contribution in [2.24, 2.45) is 0 Å². The molecule has 186 valence electrons. The molecule has 0 aliphatic heterocycles. The average Bonchev–Trinajstić information content (AvgIpc) is 2.77. The molecule has 0 saturated carbocycles. The van der Waals surface area contributed by atoms with Crippen LogP contribution in [0.1, 0.15) is 48.9 Å². The molecule has 7 nitrogen and oxygen atoms in total. The van der Waals surface area contributed by atoms with E-state index in [0.29, 0.717) is 12.2 Å². The zero-order chi connectivity index (χ0) is 25.5. The SMILES string of the molecule is CCCCNC(=O)[C@H](C)N(Cc1ccccc1C)C(=O)CN(c1cccc(C)c1C)S(C)(=O)=O. The Kier molecular flexibility index (Phi) is 9.67. The van der Waals surface area contributed by atoms with E-state index in [2.05, 4.69) is 5.32 Å². The number of rotatable bonds is 11. The monoisotopic (exact) mass is 487 g/mol. The van der Waals surface area contributed by atoms with E-state index in [-0.39, 0.29) is 19.0 Å². The number of nitrogens with zero attached hydrogens (tertiary/aromatic N) is 2. The molecule has 0 saturated heterocycles. The number of aryl methyl sites for hydroxylation is 2. The van der Waals surface area contributed by atoms with Crippen molar-refractivity contribution in [1.82, 2.24) is 10.2 Å². The number of sulfonamides is 1. The summed E-state index contributed by atoms with van der Waals surface area (Å²) in [5, 5.41) is 2.89. The maximum absolute atomic E-state index is 13.6. The van der Waals surface area contributed by atoms with E-state index in [4.69, 9.17) is 0 Å². The zero-order valence-electron chi connectivity index (χ0n) is 21.1. The normalized spacial score (nSPS) is 12.2. The molecule has 0 unspecified atom stereocenters. The third kappa shape index (κ3) is 7.06. The second-order valence-corrected chi connectivity index (χ2v) is 10.7. The summed E-state index contributed by atoms with van der Waals surface area (Å²) in [7, 11) is -3.75. The second kappa shape index (κ2) is 12.0. The van der Waals surface area contributed by atoms with Crippen molar-refractivity contribution in [2.45, 2.75) is 60.0 Å². The van der Waals surface area contributed by atoms with Gasteiger partial charge in [-0.3, -0.25) is 13.9 Å². The third-order valence-corrected chi connectivity index (χ3v) is 7.25. The van der Waals surface area contributed by atoms with Gasteiger partial charge in [0.15, 0.2) is 0 Å². The van der Waals surface area contributed by atoms with Gasteiger partial charge in [0.1, 0.15) is 12.6 Å². The highest BCUT2D eigenvalue weighted by Gasteiger charge is 2.30. The average molecular weight is 488 g/mol. The fourth-order valence-electron chi connectivity index (χ4n) is 3.69. The van der Waals surface area contributed by atoms with E-state index < -0.39 is 22.0 Å². The Morgan fingerprint density at radius 3 is 2.26 bits per heavy atom. The van der Waals surface area contributed by atoms with Crippen molar-refractivity contribution < 1.29 is 18.0 Å². The van der Waals surface area contributed by atoms with Gasteiger partial charge in [0, 0.05) is 13.1 Å². The third-order valence-electron chi connectivity index (χ3n) is 6.12. The van der Waals surface area contributed by atoms with Crippen LogP contribution in [0.3, 0.4) is 0 Å². The van der Waals surface area contributed by atoms with Crippen LogP contribution >= 0.6 is 0 Å². The summed E-state index contributed by atoms with van der Waals surface area (Å²) in [5.41, 5.74) is 4.08. The molecule has 2 aromatic rings. The smallest absolute Gasteiger partial charge is 0.244 e. The Bertz CT molecular complexity index is 1110. The van der Waals surface area contributed by atoms with Crippen LogP contribution in [-0.4, -0.2) is 50.5 Å². The van der Waals surface area contributed by atoms with Crippen LogP contribution in [0.25, 0.3) is 0 Å². The van der Waals surface area contributed by atoms with Gasteiger partial charge in [-0.15, -0.1) is 0 Å². The number of hydrogen-bond donors (Lipinski definition) is 1. The summed E-state index contributed by atoms with van der Waals surface area (Å²) in [6.45, 7) is 9.75. The van der Waals surface area contributed by atoms with Crippen LogP contribution in [0.5, 0.6) is 0 Å². The highest BCUT2D eigenvalue weighted by molar-refractivity contribution is 7.92. The maximum Gasteiger partial charge on any atom is 0.244 e. The summed E-state index contributed by atoms with van der Waals surface area (Å²) < 4.78 is 26.6. The van der Waals surface area contributed by atoms with Crippen molar-refractivity contribution in [3.8, 4) is 0 Å². The quantitative estimate of drug-likeness (QED) is 0.490. The number of nitrogens with one attached hydrogen (secondary N) is 1. The molecule has 34 heavy (non-hydrogen) atoms. The van der Waals surface area contributed by atoms with Gasteiger partial charge < -0.3 is 10.2 Å². The predicted octanol–water partition coefficient (Wildman–Crippen LogP) is 3.71. The van der Waals surface area contributed by atoms with Gasteiger partial charge in [-0.1, -0.05) is 49.7 Å². The molecule has 0 aromatic heterocycles. The summed E-state index contributed by atoms with van der Waals surface area (Å²) in [6.07, 6.45) is 2.88. The Hall–Kier alpha value is -2.87. The number of hydrogen-bond acceptors (Lipinski definition) is 4. The molecular formula is C26H37N3O4S. The molecule has 0 aliphatic rings. The van der Waals surface area contributed by atoms with Crippen molar-refractivity contribution in [1.29, 1.82) is 0 Å². The molecule has 8 heteroatoms. The van der Waals surface area contributed by atoms with E-state index in [9.17, 15) is 18.0 Å². The fourth-order valence-corrected chi connectivity index (χ4v) is 4.59. The highest BCUT2D eigenvalue weighted by atomic mass is 32.2. The summed E-state index contributed by atoms with van der Waals surface area (Å²) in [6, 6.07) is 12.3. The first-order valence-corrected chi connectivity index (χ1v) is 13.5. The fraction of sp³-hybridized carbons (Fsp3) is 0.462. The summed E-state index contributed by atoms with van der Waals surface area (Å²) in [4.78, 5) is 27.9. The first kappa shape index (κ1) is 27.4. The van der Waals surface area contributed by atoms with E-state index in [1.807, 2.05) is 58.0 Å². The lowest BCUT2D eigenvalue weighted by Crippen LogP contribution is -2.51. The Morgan fingerprint density at radius 1 is 1.00 bits per heavy atom. The minimum Gasteiger partial charge on any atom is -0.354 e. The highest BCUT2D eigenvalue weighted by Crippen LogP contribution is 2.25. The largest absolute Gasteiger partial charge is 0.354 e. The first-order chi connectivity index (χ1) is 16.0. The van der Waals surface area contributed by atoms with Crippen molar-refractivity contribution in [2.75, 3.05) is 23.7 Å². The number of amides is 2. The summed E-state index contributed by atoms with van der Waals surface area (Å²) in [5.74, 6) is -0.694. The number of benzene rings is 2. The molecule has 2 amide bonds. The Balaban J connectivity index is 2.41. The lowest BCUT2D eigenvalue weighted by Gasteiger charge is -2.32. The molecule has 0 bridgehead atoms. The van der Waals surface area contributed by atoms with Gasteiger partial charge in [-0.25, -0.2) is 8.42 Å². The number of anilines is 1.